The predicted octanol–water partition coefficient (Wildman–Crippen LogP) is 5.28. The second-order valence-corrected chi connectivity index (χ2v) is 8.38. The largest absolute Gasteiger partial charge is 0.493 e. The third kappa shape index (κ3) is 4.67. The van der Waals surface area contributed by atoms with Gasteiger partial charge < -0.3 is 24.7 Å². The number of benzene rings is 3. The highest BCUT2D eigenvalue weighted by atomic mass is 16.5. The average molecular weight is 495 g/mol. The van der Waals surface area contributed by atoms with E-state index in [0.29, 0.717) is 41.9 Å². The molecule has 1 aromatic heterocycles. The highest BCUT2D eigenvalue weighted by molar-refractivity contribution is 5.73. The maximum Gasteiger partial charge on any atom is 0.244 e. The van der Waals surface area contributed by atoms with Crippen molar-refractivity contribution >= 4 is 0 Å². The average Bonchev–Trinajstić information content (AvgIpc) is 3.35. The fraction of sp³-hybridized carbons (Fsp3) is 0.172. The Bertz CT molecular complexity index is 1470. The lowest BCUT2D eigenvalue weighted by Crippen LogP contribution is -2.21. The quantitative estimate of drug-likeness (QED) is 0.342. The van der Waals surface area contributed by atoms with Gasteiger partial charge in [0.25, 0.3) is 0 Å². The summed E-state index contributed by atoms with van der Waals surface area (Å²) in [5.41, 5.74) is 10.6. The lowest BCUT2D eigenvalue weighted by molar-refractivity contribution is 0.306. The lowest BCUT2D eigenvalue weighted by Gasteiger charge is -2.24. The number of hydrogen-bond donors (Lipinski definition) is 2. The van der Waals surface area contributed by atoms with E-state index >= 15 is 0 Å². The standard InChI is InChI=1S/C29H26N4O4/c1-3-35-23-14-11-20(15-24(23)34-2)27-26-25(22(16-30)28(31)37-29(26)33-32-27)19-9-12-21(13-10-19)36-17-18-7-5-4-6-8-18/h4-15,25H,3,17,31H2,1-2H3,(H,32,33)/t25-/m0/s1. The van der Waals surface area contributed by atoms with Gasteiger partial charge in [0, 0.05) is 5.56 Å². The molecular weight excluding hydrogens is 468 g/mol. The molecular formula is C29H26N4O4. The molecule has 0 amide bonds. The van der Waals surface area contributed by atoms with E-state index in [4.69, 9.17) is 24.7 Å². The molecule has 1 aliphatic rings. The zero-order chi connectivity index (χ0) is 25.8. The van der Waals surface area contributed by atoms with E-state index in [1.807, 2.05) is 79.7 Å². The number of methoxy groups -OCH3 is 1. The van der Waals surface area contributed by atoms with Gasteiger partial charge in [-0.1, -0.05) is 42.5 Å². The van der Waals surface area contributed by atoms with E-state index in [-0.39, 0.29) is 5.88 Å². The van der Waals surface area contributed by atoms with Crippen LogP contribution in [-0.2, 0) is 6.61 Å². The van der Waals surface area contributed by atoms with Crippen molar-refractivity contribution in [1.82, 2.24) is 10.2 Å². The van der Waals surface area contributed by atoms with Crippen molar-refractivity contribution in [2.75, 3.05) is 13.7 Å². The van der Waals surface area contributed by atoms with Crippen LogP contribution in [0.25, 0.3) is 11.3 Å². The van der Waals surface area contributed by atoms with Gasteiger partial charge in [0.1, 0.15) is 24.0 Å². The number of fused-ring (bicyclic) bond motifs is 1. The Balaban J connectivity index is 1.51. The van der Waals surface area contributed by atoms with Gasteiger partial charge in [-0.25, -0.2) is 0 Å². The molecule has 1 aliphatic heterocycles. The van der Waals surface area contributed by atoms with Gasteiger partial charge >= 0.3 is 0 Å². The van der Waals surface area contributed by atoms with Crippen molar-refractivity contribution in [3.05, 3.63) is 101 Å². The monoisotopic (exact) mass is 494 g/mol. The third-order valence-electron chi connectivity index (χ3n) is 6.15. The highest BCUT2D eigenvalue weighted by Gasteiger charge is 2.35. The summed E-state index contributed by atoms with van der Waals surface area (Å²) in [6, 6.07) is 25.4. The first-order valence-corrected chi connectivity index (χ1v) is 11.9. The maximum atomic E-state index is 10.0. The van der Waals surface area contributed by atoms with E-state index in [0.717, 1.165) is 28.0 Å². The molecule has 0 saturated heterocycles. The van der Waals surface area contributed by atoms with Crippen LogP contribution < -0.4 is 24.7 Å². The molecule has 5 rings (SSSR count). The number of hydrogen-bond acceptors (Lipinski definition) is 7. The van der Waals surface area contributed by atoms with Gasteiger partial charge in [-0.3, -0.25) is 5.10 Å². The van der Waals surface area contributed by atoms with Crippen LogP contribution in [0.1, 0.15) is 29.5 Å². The van der Waals surface area contributed by atoms with E-state index < -0.39 is 5.92 Å². The van der Waals surface area contributed by atoms with Gasteiger partial charge in [-0.15, -0.1) is 5.10 Å². The molecule has 4 aromatic rings. The van der Waals surface area contributed by atoms with Crippen LogP contribution in [0.4, 0.5) is 0 Å². The summed E-state index contributed by atoms with van der Waals surface area (Å²) >= 11 is 0. The van der Waals surface area contributed by atoms with Crippen LogP contribution in [-0.4, -0.2) is 23.9 Å². The Morgan fingerprint density at radius 2 is 1.81 bits per heavy atom. The van der Waals surface area contributed by atoms with E-state index in [2.05, 4.69) is 16.3 Å². The zero-order valence-corrected chi connectivity index (χ0v) is 20.5. The summed E-state index contributed by atoms with van der Waals surface area (Å²) in [5.74, 6) is 1.83. The van der Waals surface area contributed by atoms with Gasteiger partial charge in [-0.2, -0.15) is 5.26 Å². The summed E-state index contributed by atoms with van der Waals surface area (Å²) in [6.45, 7) is 2.90. The summed E-state index contributed by atoms with van der Waals surface area (Å²) in [7, 11) is 1.59. The molecule has 0 spiro atoms. The Morgan fingerprint density at radius 3 is 2.51 bits per heavy atom. The van der Waals surface area contributed by atoms with Crippen LogP contribution in [0.15, 0.2) is 84.3 Å². The van der Waals surface area contributed by atoms with Gasteiger partial charge in [-0.05, 0) is 48.4 Å². The molecule has 0 saturated carbocycles. The number of ether oxygens (including phenoxy) is 4. The highest BCUT2D eigenvalue weighted by Crippen LogP contribution is 2.46. The van der Waals surface area contributed by atoms with Crippen LogP contribution in [0.5, 0.6) is 23.1 Å². The first kappa shape index (κ1) is 23.8. The predicted molar refractivity (Wildman–Crippen MR) is 138 cm³/mol. The second kappa shape index (κ2) is 10.4. The van der Waals surface area contributed by atoms with Gasteiger partial charge in [0.2, 0.25) is 11.8 Å². The molecule has 0 unspecified atom stereocenters. The Morgan fingerprint density at radius 1 is 1.03 bits per heavy atom. The molecule has 0 radical (unpaired) electrons. The molecule has 0 aliphatic carbocycles. The summed E-state index contributed by atoms with van der Waals surface area (Å²) in [6.07, 6.45) is 0. The fourth-order valence-corrected chi connectivity index (χ4v) is 4.39. The number of aromatic amines is 1. The zero-order valence-electron chi connectivity index (χ0n) is 20.5. The number of nitrogens with two attached hydrogens (primary N) is 1. The number of rotatable bonds is 8. The number of H-pyrrole nitrogens is 1. The van der Waals surface area contributed by atoms with E-state index in [9.17, 15) is 5.26 Å². The first-order chi connectivity index (χ1) is 18.1. The fourth-order valence-electron chi connectivity index (χ4n) is 4.39. The minimum absolute atomic E-state index is 0.0340. The van der Waals surface area contributed by atoms with Crippen LogP contribution in [0.2, 0.25) is 0 Å². The molecule has 3 N–H and O–H groups in total. The van der Waals surface area contributed by atoms with Crippen molar-refractivity contribution in [3.8, 4) is 40.5 Å². The summed E-state index contributed by atoms with van der Waals surface area (Å²) in [5, 5.41) is 17.4. The number of nitrogens with one attached hydrogen (secondary N) is 1. The molecule has 3 aromatic carbocycles. The number of aromatic nitrogens is 2. The van der Waals surface area contributed by atoms with Crippen molar-refractivity contribution in [2.45, 2.75) is 19.4 Å². The Kier molecular flexibility index (Phi) is 6.68. The van der Waals surface area contributed by atoms with Gasteiger partial charge in [0.05, 0.1) is 30.9 Å². The molecule has 0 bridgehead atoms. The van der Waals surface area contributed by atoms with Crippen molar-refractivity contribution < 1.29 is 18.9 Å². The third-order valence-corrected chi connectivity index (χ3v) is 6.15. The minimum Gasteiger partial charge on any atom is -0.493 e. The van der Waals surface area contributed by atoms with Crippen LogP contribution in [0.3, 0.4) is 0 Å². The minimum atomic E-state index is -0.483. The van der Waals surface area contributed by atoms with E-state index in [1.165, 1.54) is 0 Å². The topological polar surface area (TPSA) is 115 Å². The smallest absolute Gasteiger partial charge is 0.244 e. The van der Waals surface area contributed by atoms with Gasteiger partial charge in [0.15, 0.2) is 11.5 Å². The Labute approximate surface area is 214 Å². The molecule has 0 fully saturated rings. The second-order valence-electron chi connectivity index (χ2n) is 8.38. The number of allylic oxidation sites excluding steroid dienone is 1. The molecule has 2 heterocycles. The number of nitriles is 1. The summed E-state index contributed by atoms with van der Waals surface area (Å²) in [4.78, 5) is 0. The Hall–Kier alpha value is -4.90. The van der Waals surface area contributed by atoms with Crippen LogP contribution in [0, 0.1) is 11.3 Å². The summed E-state index contributed by atoms with van der Waals surface area (Å²) < 4.78 is 22.9. The SMILES string of the molecule is CCOc1ccc(-c2[nH]nc3c2[C@@H](c2ccc(OCc4ccccc4)cc2)C(C#N)=C(N)O3)cc1OC. The molecule has 1 atom stereocenters. The van der Waals surface area contributed by atoms with Crippen molar-refractivity contribution in [2.24, 2.45) is 5.73 Å². The molecule has 186 valence electrons. The first-order valence-electron chi connectivity index (χ1n) is 11.9. The number of nitrogens with zero attached hydrogens (tertiary/aromatic N) is 2. The molecule has 8 heteroatoms. The van der Waals surface area contributed by atoms with Crippen molar-refractivity contribution in [1.29, 1.82) is 5.26 Å². The molecule has 37 heavy (non-hydrogen) atoms. The van der Waals surface area contributed by atoms with Crippen molar-refractivity contribution in [3.63, 3.8) is 0 Å². The normalized spacial score (nSPS) is 14.4. The molecule has 8 nitrogen and oxygen atoms in total. The lowest BCUT2D eigenvalue weighted by atomic mass is 9.83. The maximum absolute atomic E-state index is 10.0. The van der Waals surface area contributed by atoms with Crippen LogP contribution >= 0.6 is 0 Å². The van der Waals surface area contributed by atoms with E-state index in [1.54, 1.807) is 7.11 Å².